The Labute approximate surface area is 318 Å². The number of unbranched alkanes of at least 4 members (excludes halogenated alkanes) is 14. The average molecular weight is 752 g/mol. The molecule has 2 atom stereocenters. The van der Waals surface area contributed by atoms with Crippen molar-refractivity contribution in [2.45, 2.75) is 162 Å². The lowest BCUT2D eigenvalue weighted by molar-refractivity contribution is -0.156. The number of hydrogen-bond donors (Lipinski definition) is 3. The minimum absolute atomic E-state index is 0.0449. The van der Waals surface area contributed by atoms with Crippen LogP contribution in [0, 0.1) is 0 Å². The maximum Gasteiger partial charge on any atom is 0.408 e. The maximum absolute atomic E-state index is 13.0. The SMILES string of the molecule is CCCCCCCCCCNC(=O)OC[C@@H](CSCC(NC(=O)OCc1ccccc1)C(=O)OC(C)(C)C)OC(=O)NCCCCCCCCCC. The number of alkyl carbamates (subject to hydrolysis) is 3. The van der Waals surface area contributed by atoms with Gasteiger partial charge in [-0.05, 0) is 39.2 Å². The fourth-order valence-electron chi connectivity index (χ4n) is 5.19. The zero-order chi connectivity index (χ0) is 38.3. The molecular weight excluding hydrogens is 683 g/mol. The van der Waals surface area contributed by atoms with Crippen LogP contribution in [-0.4, -0.2) is 73.2 Å². The summed E-state index contributed by atoms with van der Waals surface area (Å²) in [7, 11) is 0. The van der Waals surface area contributed by atoms with E-state index >= 15 is 0 Å². The molecule has 298 valence electrons. The number of thioether (sulfide) groups is 1. The van der Waals surface area contributed by atoms with Crippen molar-refractivity contribution < 1.29 is 38.1 Å². The highest BCUT2D eigenvalue weighted by molar-refractivity contribution is 7.99. The molecule has 0 aliphatic rings. The summed E-state index contributed by atoms with van der Waals surface area (Å²) in [6.45, 7) is 10.5. The first kappa shape index (κ1) is 46.9. The topological polar surface area (TPSA) is 141 Å². The van der Waals surface area contributed by atoms with E-state index in [1.54, 1.807) is 20.8 Å². The van der Waals surface area contributed by atoms with Crippen molar-refractivity contribution >= 4 is 36.0 Å². The van der Waals surface area contributed by atoms with Crippen molar-refractivity contribution in [1.82, 2.24) is 16.0 Å². The Kier molecular flexibility index (Phi) is 27.3. The largest absolute Gasteiger partial charge is 0.458 e. The minimum atomic E-state index is -1.03. The molecule has 0 radical (unpaired) electrons. The van der Waals surface area contributed by atoms with E-state index in [-0.39, 0.29) is 24.7 Å². The van der Waals surface area contributed by atoms with E-state index in [4.69, 9.17) is 18.9 Å². The van der Waals surface area contributed by atoms with Crippen LogP contribution in [0.15, 0.2) is 30.3 Å². The summed E-state index contributed by atoms with van der Waals surface area (Å²) >= 11 is 1.26. The number of carbonyl (C=O) groups is 4. The van der Waals surface area contributed by atoms with E-state index in [0.717, 1.165) is 44.1 Å². The Balaban J connectivity index is 2.68. The second kappa shape index (κ2) is 30.3. The first-order valence-corrected chi connectivity index (χ1v) is 20.8. The van der Waals surface area contributed by atoms with Crippen LogP contribution in [0.3, 0.4) is 0 Å². The zero-order valence-corrected chi connectivity index (χ0v) is 33.6. The van der Waals surface area contributed by atoms with Crippen molar-refractivity contribution in [3.63, 3.8) is 0 Å². The highest BCUT2D eigenvalue weighted by Gasteiger charge is 2.28. The molecule has 1 aromatic rings. The number of amides is 3. The van der Waals surface area contributed by atoms with Crippen LogP contribution in [0.2, 0.25) is 0 Å². The third kappa shape index (κ3) is 27.5. The van der Waals surface area contributed by atoms with Crippen molar-refractivity contribution in [2.24, 2.45) is 0 Å². The first-order chi connectivity index (χ1) is 25.0. The van der Waals surface area contributed by atoms with Crippen LogP contribution in [0.25, 0.3) is 0 Å². The van der Waals surface area contributed by atoms with Gasteiger partial charge >= 0.3 is 24.2 Å². The van der Waals surface area contributed by atoms with Gasteiger partial charge in [-0.15, -0.1) is 0 Å². The molecule has 0 aromatic heterocycles. The van der Waals surface area contributed by atoms with Crippen LogP contribution in [0.5, 0.6) is 0 Å². The zero-order valence-electron chi connectivity index (χ0n) is 32.8. The van der Waals surface area contributed by atoms with Crippen molar-refractivity contribution in [1.29, 1.82) is 0 Å². The molecule has 0 saturated heterocycles. The summed E-state index contributed by atoms with van der Waals surface area (Å²) in [5.74, 6) is -0.301. The highest BCUT2D eigenvalue weighted by atomic mass is 32.2. The molecule has 3 amide bonds. The Hall–Kier alpha value is -3.15. The molecule has 3 N–H and O–H groups in total. The van der Waals surface area contributed by atoms with E-state index in [0.29, 0.717) is 13.1 Å². The molecule has 1 aromatic carbocycles. The van der Waals surface area contributed by atoms with Crippen molar-refractivity contribution in [3.8, 4) is 0 Å². The standard InChI is InChI=1S/C40H69N3O8S/c1-6-8-10-12-14-16-18-23-27-41-37(45)49-30-34(50-38(46)42-28-24-19-17-15-13-11-9-7-2)31-52-32-35(36(44)51-40(3,4)5)43-39(47)48-29-33-25-21-20-22-26-33/h20-22,25-26,34-35H,6-19,23-24,27-32H2,1-5H3,(H,41,45)(H,42,46)(H,43,47)/t34-,35?/m0/s1. The van der Waals surface area contributed by atoms with Gasteiger partial charge in [-0.3, -0.25) is 0 Å². The number of nitrogens with one attached hydrogen (secondary N) is 3. The quantitative estimate of drug-likeness (QED) is 0.0415. The van der Waals surface area contributed by atoms with E-state index in [1.807, 2.05) is 30.3 Å². The monoisotopic (exact) mass is 751 g/mol. The van der Waals surface area contributed by atoms with Gasteiger partial charge in [0.25, 0.3) is 0 Å². The Morgan fingerprint density at radius 3 is 1.71 bits per heavy atom. The molecule has 1 unspecified atom stereocenters. The summed E-state index contributed by atoms with van der Waals surface area (Å²) in [6.07, 6.45) is 15.8. The fraction of sp³-hybridized carbons (Fsp3) is 0.750. The van der Waals surface area contributed by atoms with Gasteiger partial charge in [0.05, 0.1) is 0 Å². The highest BCUT2D eigenvalue weighted by Crippen LogP contribution is 2.15. The molecule has 12 heteroatoms. The Morgan fingerprint density at radius 2 is 1.17 bits per heavy atom. The summed E-state index contributed by atoms with van der Waals surface area (Å²) in [6, 6.07) is 8.19. The third-order valence-corrected chi connectivity index (χ3v) is 9.23. The molecule has 0 aliphatic carbocycles. The van der Waals surface area contributed by atoms with Crippen LogP contribution in [0.1, 0.15) is 143 Å². The molecule has 11 nitrogen and oxygen atoms in total. The van der Waals surface area contributed by atoms with E-state index in [2.05, 4.69) is 29.8 Å². The molecule has 52 heavy (non-hydrogen) atoms. The van der Waals surface area contributed by atoms with E-state index < -0.39 is 42.0 Å². The van der Waals surface area contributed by atoms with Crippen molar-refractivity contribution in [3.05, 3.63) is 35.9 Å². The molecule has 0 fully saturated rings. The second-order valence-electron chi connectivity index (χ2n) is 14.3. The van der Waals surface area contributed by atoms with Crippen LogP contribution < -0.4 is 16.0 Å². The summed E-state index contributed by atoms with van der Waals surface area (Å²) in [4.78, 5) is 50.9. The number of ether oxygens (including phenoxy) is 4. The molecular formula is C40H69N3O8S. The number of benzene rings is 1. The van der Waals surface area contributed by atoms with E-state index in [9.17, 15) is 19.2 Å². The minimum Gasteiger partial charge on any atom is -0.458 e. The van der Waals surface area contributed by atoms with Gasteiger partial charge in [-0.1, -0.05) is 134 Å². The molecule has 0 saturated carbocycles. The number of carbonyl (C=O) groups excluding carboxylic acids is 4. The van der Waals surface area contributed by atoms with Gasteiger partial charge in [0, 0.05) is 24.6 Å². The lowest BCUT2D eigenvalue weighted by Crippen LogP contribution is -2.46. The van der Waals surface area contributed by atoms with Gasteiger partial charge in [0.15, 0.2) is 0 Å². The predicted molar refractivity (Wildman–Crippen MR) is 210 cm³/mol. The van der Waals surface area contributed by atoms with Crippen LogP contribution >= 0.6 is 11.8 Å². The smallest absolute Gasteiger partial charge is 0.408 e. The molecule has 0 aliphatic heterocycles. The predicted octanol–water partition coefficient (Wildman–Crippen LogP) is 9.46. The Morgan fingerprint density at radius 1 is 0.654 bits per heavy atom. The van der Waals surface area contributed by atoms with Gasteiger partial charge in [0.1, 0.15) is 31.0 Å². The third-order valence-electron chi connectivity index (χ3n) is 8.06. The van der Waals surface area contributed by atoms with Gasteiger partial charge in [-0.2, -0.15) is 11.8 Å². The molecule has 0 heterocycles. The van der Waals surface area contributed by atoms with Gasteiger partial charge < -0.3 is 34.9 Å². The average Bonchev–Trinajstić information content (AvgIpc) is 3.10. The number of rotatable bonds is 29. The Bertz CT molecular complexity index is 1090. The summed E-state index contributed by atoms with van der Waals surface area (Å²) in [5.41, 5.74) is 0.0351. The lowest BCUT2D eigenvalue weighted by atomic mass is 10.1. The molecule has 1 rings (SSSR count). The summed E-state index contributed by atoms with van der Waals surface area (Å²) in [5, 5.41) is 8.20. The molecule has 0 bridgehead atoms. The van der Waals surface area contributed by atoms with Gasteiger partial charge in [-0.25, -0.2) is 19.2 Å². The lowest BCUT2D eigenvalue weighted by Gasteiger charge is -2.25. The van der Waals surface area contributed by atoms with Crippen LogP contribution in [0.4, 0.5) is 14.4 Å². The van der Waals surface area contributed by atoms with E-state index in [1.165, 1.54) is 76.0 Å². The number of esters is 1. The fourth-order valence-corrected chi connectivity index (χ4v) is 6.21. The second-order valence-corrected chi connectivity index (χ2v) is 15.3. The first-order valence-electron chi connectivity index (χ1n) is 19.7. The summed E-state index contributed by atoms with van der Waals surface area (Å²) < 4.78 is 22.0. The normalized spacial score (nSPS) is 12.3. The number of hydrogen-bond acceptors (Lipinski definition) is 9. The maximum atomic E-state index is 13.0. The van der Waals surface area contributed by atoms with Crippen LogP contribution in [-0.2, 0) is 30.3 Å². The van der Waals surface area contributed by atoms with Gasteiger partial charge in [0.2, 0.25) is 0 Å². The molecule has 0 spiro atoms. The van der Waals surface area contributed by atoms with Crippen molar-refractivity contribution in [2.75, 3.05) is 31.2 Å².